The fraction of sp³-hybridized carbons (Fsp3) is 0.684. The minimum atomic E-state index is 0.786. The number of nitrogens with zero attached hydrogens (tertiary/aromatic N) is 1. The highest BCUT2D eigenvalue weighted by molar-refractivity contribution is 5.27. The predicted molar refractivity (Wildman–Crippen MR) is 91.6 cm³/mol. The molecule has 0 radical (unpaired) electrons. The maximum absolute atomic E-state index is 3.44. The fourth-order valence-corrected chi connectivity index (χ4v) is 3.45. The number of hydrogen-bond acceptors (Lipinski definition) is 2. The molecule has 1 fully saturated rings. The van der Waals surface area contributed by atoms with Crippen LogP contribution < -0.4 is 5.32 Å². The minimum absolute atomic E-state index is 0.786. The Morgan fingerprint density at radius 3 is 2.38 bits per heavy atom. The molecule has 1 saturated carbocycles. The van der Waals surface area contributed by atoms with Gasteiger partial charge in [0.25, 0.3) is 0 Å². The summed E-state index contributed by atoms with van der Waals surface area (Å²) in [4.78, 5) is 2.59. The van der Waals surface area contributed by atoms with Gasteiger partial charge in [-0.2, -0.15) is 0 Å². The first-order valence-electron chi connectivity index (χ1n) is 8.79. The number of hydrogen-bond donors (Lipinski definition) is 1. The normalized spacial score (nSPS) is 17.1. The van der Waals surface area contributed by atoms with E-state index in [4.69, 9.17) is 0 Å². The van der Waals surface area contributed by atoms with Gasteiger partial charge in [0.2, 0.25) is 0 Å². The molecule has 0 aromatic heterocycles. The summed E-state index contributed by atoms with van der Waals surface area (Å²) in [6.45, 7) is 5.42. The van der Waals surface area contributed by atoms with Gasteiger partial charge in [-0.25, -0.2) is 0 Å². The molecule has 2 rings (SSSR count). The average Bonchev–Trinajstić information content (AvgIpc) is 2.78. The molecule has 1 aromatic rings. The number of nitrogens with one attached hydrogen (secondary N) is 1. The van der Waals surface area contributed by atoms with Crippen LogP contribution in [0.25, 0.3) is 0 Å². The van der Waals surface area contributed by atoms with Crippen molar-refractivity contribution in [3.05, 3.63) is 35.4 Å². The Bertz CT molecular complexity index is 394. The highest BCUT2D eigenvalue weighted by atomic mass is 15.1. The Morgan fingerprint density at radius 1 is 1.05 bits per heavy atom. The van der Waals surface area contributed by atoms with Gasteiger partial charge in [0.05, 0.1) is 0 Å². The topological polar surface area (TPSA) is 15.3 Å². The molecule has 1 aliphatic carbocycles. The van der Waals surface area contributed by atoms with Crippen LogP contribution in [0.4, 0.5) is 0 Å². The van der Waals surface area contributed by atoms with Crippen LogP contribution in [0.5, 0.6) is 0 Å². The third-order valence-corrected chi connectivity index (χ3v) is 4.81. The molecule has 0 unspecified atom stereocenters. The highest BCUT2D eigenvalue weighted by Gasteiger charge is 2.17. The molecule has 1 N–H and O–H groups in total. The van der Waals surface area contributed by atoms with Crippen molar-refractivity contribution in [3.8, 4) is 0 Å². The Balaban J connectivity index is 1.94. The Hall–Kier alpha value is -0.860. The van der Waals surface area contributed by atoms with E-state index in [0.717, 1.165) is 32.1 Å². The van der Waals surface area contributed by atoms with Crippen molar-refractivity contribution >= 4 is 0 Å². The van der Waals surface area contributed by atoms with Crippen LogP contribution in [-0.2, 0) is 13.0 Å². The lowest BCUT2D eigenvalue weighted by Gasteiger charge is -2.28. The highest BCUT2D eigenvalue weighted by Crippen LogP contribution is 2.23. The van der Waals surface area contributed by atoms with Crippen LogP contribution in [0.15, 0.2) is 24.3 Å². The van der Waals surface area contributed by atoms with Gasteiger partial charge in [-0.15, -0.1) is 0 Å². The summed E-state index contributed by atoms with van der Waals surface area (Å²) in [6, 6.07) is 9.76. The lowest BCUT2D eigenvalue weighted by Crippen LogP contribution is -2.31. The van der Waals surface area contributed by atoms with E-state index < -0.39 is 0 Å². The van der Waals surface area contributed by atoms with Crippen molar-refractivity contribution in [3.63, 3.8) is 0 Å². The monoisotopic (exact) mass is 288 g/mol. The van der Waals surface area contributed by atoms with E-state index in [2.05, 4.69) is 48.5 Å². The first-order chi connectivity index (χ1) is 10.3. The van der Waals surface area contributed by atoms with Gasteiger partial charge in [0, 0.05) is 12.6 Å². The Morgan fingerprint density at radius 2 is 1.71 bits per heavy atom. The second-order valence-corrected chi connectivity index (χ2v) is 6.43. The number of likely N-dealkylation sites (N-methyl/N-ethyl adjacent to an activating group) is 1. The van der Waals surface area contributed by atoms with E-state index in [9.17, 15) is 0 Å². The molecule has 0 amide bonds. The van der Waals surface area contributed by atoms with E-state index in [0.29, 0.717) is 0 Å². The molecule has 0 spiro atoms. The quantitative estimate of drug-likeness (QED) is 0.603. The number of rotatable bonds is 7. The molecule has 1 aliphatic rings. The summed E-state index contributed by atoms with van der Waals surface area (Å²) in [5.41, 5.74) is 3.03. The third kappa shape index (κ3) is 5.44. The van der Waals surface area contributed by atoms with Crippen LogP contribution in [0.2, 0.25) is 0 Å². The van der Waals surface area contributed by atoms with Crippen molar-refractivity contribution in [2.45, 2.75) is 64.5 Å². The first kappa shape index (κ1) is 16.5. The summed E-state index contributed by atoms with van der Waals surface area (Å²) in [5.74, 6) is 0. The second-order valence-electron chi connectivity index (χ2n) is 6.43. The van der Waals surface area contributed by atoms with E-state index in [1.54, 1.807) is 0 Å². The van der Waals surface area contributed by atoms with Gasteiger partial charge in [-0.1, -0.05) is 56.9 Å². The summed E-state index contributed by atoms with van der Waals surface area (Å²) < 4.78 is 0. The first-order valence-corrected chi connectivity index (χ1v) is 8.79. The molecule has 0 bridgehead atoms. The van der Waals surface area contributed by atoms with E-state index in [1.165, 1.54) is 49.7 Å². The van der Waals surface area contributed by atoms with Gasteiger partial charge < -0.3 is 5.32 Å². The van der Waals surface area contributed by atoms with Crippen molar-refractivity contribution in [1.82, 2.24) is 10.2 Å². The Labute approximate surface area is 130 Å². The zero-order valence-electron chi connectivity index (χ0n) is 13.9. The molecule has 1 aromatic carbocycles. The van der Waals surface area contributed by atoms with Crippen LogP contribution in [-0.4, -0.2) is 31.1 Å². The van der Waals surface area contributed by atoms with Crippen molar-refractivity contribution in [2.75, 3.05) is 20.1 Å². The summed E-state index contributed by atoms with van der Waals surface area (Å²) >= 11 is 0. The molecule has 0 saturated heterocycles. The predicted octanol–water partition coefficient (Wildman–Crippen LogP) is 3.99. The van der Waals surface area contributed by atoms with E-state index in [-0.39, 0.29) is 0 Å². The zero-order valence-corrected chi connectivity index (χ0v) is 13.9. The summed E-state index contributed by atoms with van der Waals surface area (Å²) in [5, 5.41) is 3.44. The maximum Gasteiger partial charge on any atom is 0.0236 e. The van der Waals surface area contributed by atoms with Crippen molar-refractivity contribution in [1.29, 1.82) is 0 Å². The molecule has 0 atom stereocenters. The van der Waals surface area contributed by atoms with Crippen LogP contribution in [0.3, 0.4) is 0 Å². The SMILES string of the molecule is CCNCCc1ccccc1CN(C)C1CCCCCC1. The average molecular weight is 288 g/mol. The molecule has 0 heterocycles. The molecular weight excluding hydrogens is 256 g/mol. The Kier molecular flexibility index (Phi) is 7.25. The largest absolute Gasteiger partial charge is 0.317 e. The fourth-order valence-electron chi connectivity index (χ4n) is 3.45. The van der Waals surface area contributed by atoms with Gasteiger partial charge in [0.1, 0.15) is 0 Å². The van der Waals surface area contributed by atoms with Crippen molar-refractivity contribution in [2.24, 2.45) is 0 Å². The van der Waals surface area contributed by atoms with Gasteiger partial charge in [0.15, 0.2) is 0 Å². The third-order valence-electron chi connectivity index (χ3n) is 4.81. The van der Waals surface area contributed by atoms with E-state index in [1.807, 2.05) is 0 Å². The minimum Gasteiger partial charge on any atom is -0.317 e. The summed E-state index contributed by atoms with van der Waals surface area (Å²) in [6.07, 6.45) is 9.61. The zero-order chi connectivity index (χ0) is 14.9. The lowest BCUT2D eigenvalue weighted by molar-refractivity contribution is 0.212. The summed E-state index contributed by atoms with van der Waals surface area (Å²) in [7, 11) is 2.32. The van der Waals surface area contributed by atoms with Gasteiger partial charge in [-0.05, 0) is 50.5 Å². The molecule has 118 valence electrons. The molecular formula is C19H32N2. The van der Waals surface area contributed by atoms with Crippen LogP contribution in [0, 0.1) is 0 Å². The maximum atomic E-state index is 3.44. The smallest absolute Gasteiger partial charge is 0.0236 e. The lowest BCUT2D eigenvalue weighted by atomic mass is 10.0. The molecule has 21 heavy (non-hydrogen) atoms. The van der Waals surface area contributed by atoms with Crippen LogP contribution in [0.1, 0.15) is 56.6 Å². The van der Waals surface area contributed by atoms with E-state index >= 15 is 0 Å². The van der Waals surface area contributed by atoms with Crippen LogP contribution >= 0.6 is 0 Å². The molecule has 2 nitrogen and oxygen atoms in total. The second kappa shape index (κ2) is 9.22. The van der Waals surface area contributed by atoms with Gasteiger partial charge in [-0.3, -0.25) is 4.90 Å². The van der Waals surface area contributed by atoms with Gasteiger partial charge >= 0.3 is 0 Å². The molecule has 2 heteroatoms. The molecule has 0 aliphatic heterocycles. The number of benzene rings is 1. The van der Waals surface area contributed by atoms with Crippen molar-refractivity contribution < 1.29 is 0 Å². The standard InChI is InChI=1S/C19H32N2/c1-3-20-15-14-17-10-8-9-11-18(17)16-21(2)19-12-6-4-5-7-13-19/h8-11,19-20H,3-7,12-16H2,1-2H3.